The van der Waals surface area contributed by atoms with Crippen molar-refractivity contribution >= 4 is 31.6 Å². The summed E-state index contributed by atoms with van der Waals surface area (Å²) in [7, 11) is -3.92. The Kier molecular flexibility index (Phi) is 5.24. The second-order valence-corrected chi connectivity index (χ2v) is 7.76. The van der Waals surface area contributed by atoms with Crippen LogP contribution in [-0.2, 0) is 14.8 Å². The average Bonchev–Trinajstić information content (AvgIpc) is 2.92. The molecule has 8 heteroatoms. The topological polar surface area (TPSA) is 72.6 Å². The fraction of sp³-hybridized carbons (Fsp3) is 0.538. The minimum atomic E-state index is -3.92. The van der Waals surface area contributed by atoms with Crippen LogP contribution in [0.5, 0.6) is 0 Å². The van der Waals surface area contributed by atoms with Crippen molar-refractivity contribution in [2.75, 3.05) is 32.0 Å². The van der Waals surface area contributed by atoms with Gasteiger partial charge in [0.05, 0.1) is 11.1 Å². The summed E-state index contributed by atoms with van der Waals surface area (Å²) in [5.41, 5.74) is 5.83. The van der Waals surface area contributed by atoms with Gasteiger partial charge in [0.25, 0.3) is 0 Å². The Morgan fingerprint density at radius 1 is 1.52 bits per heavy atom. The van der Waals surface area contributed by atoms with Gasteiger partial charge in [-0.2, -0.15) is 4.31 Å². The molecule has 1 atom stereocenters. The van der Waals surface area contributed by atoms with E-state index in [4.69, 9.17) is 10.5 Å². The van der Waals surface area contributed by atoms with Crippen LogP contribution >= 0.6 is 15.9 Å². The minimum Gasteiger partial charge on any atom is -0.399 e. The molecule has 1 aliphatic rings. The molecule has 0 aliphatic carbocycles. The van der Waals surface area contributed by atoms with Gasteiger partial charge in [0.15, 0.2) is 5.82 Å². The van der Waals surface area contributed by atoms with E-state index in [1.807, 2.05) is 0 Å². The number of halogens is 2. The molecule has 1 heterocycles. The zero-order valence-electron chi connectivity index (χ0n) is 11.7. The van der Waals surface area contributed by atoms with Crippen LogP contribution in [0, 0.1) is 11.7 Å². The number of benzene rings is 1. The van der Waals surface area contributed by atoms with Crippen molar-refractivity contribution in [3.8, 4) is 0 Å². The smallest absolute Gasteiger partial charge is 0.246 e. The third-order valence-corrected chi connectivity index (χ3v) is 5.99. The van der Waals surface area contributed by atoms with Gasteiger partial charge in [-0.25, -0.2) is 12.8 Å². The third-order valence-electron chi connectivity index (χ3n) is 3.47. The summed E-state index contributed by atoms with van der Waals surface area (Å²) < 4.78 is 46.0. The van der Waals surface area contributed by atoms with Gasteiger partial charge < -0.3 is 10.5 Å². The van der Waals surface area contributed by atoms with Crippen LogP contribution in [0.4, 0.5) is 10.1 Å². The highest BCUT2D eigenvalue weighted by atomic mass is 79.9. The van der Waals surface area contributed by atoms with Crippen molar-refractivity contribution in [1.82, 2.24) is 4.31 Å². The molecule has 21 heavy (non-hydrogen) atoms. The first-order chi connectivity index (χ1) is 9.86. The molecule has 118 valence electrons. The minimum absolute atomic E-state index is 0.0429. The van der Waals surface area contributed by atoms with Gasteiger partial charge in [-0.3, -0.25) is 0 Å². The molecule has 0 bridgehead atoms. The molecule has 0 aromatic heterocycles. The zero-order chi connectivity index (χ0) is 15.6. The van der Waals surface area contributed by atoms with Crippen LogP contribution in [0.25, 0.3) is 0 Å². The number of hydrogen-bond acceptors (Lipinski definition) is 4. The molecule has 1 unspecified atom stereocenters. The maximum Gasteiger partial charge on any atom is 0.246 e. The molecule has 2 rings (SSSR count). The van der Waals surface area contributed by atoms with Crippen molar-refractivity contribution in [2.24, 2.45) is 5.92 Å². The van der Waals surface area contributed by atoms with Crippen molar-refractivity contribution < 1.29 is 17.5 Å². The highest BCUT2D eigenvalue weighted by molar-refractivity contribution is 9.10. The van der Waals surface area contributed by atoms with Crippen molar-refractivity contribution in [3.05, 3.63) is 22.4 Å². The van der Waals surface area contributed by atoms with Gasteiger partial charge in [-0.05, 0) is 40.4 Å². The van der Waals surface area contributed by atoms with E-state index in [0.717, 1.165) is 12.5 Å². The summed E-state index contributed by atoms with van der Waals surface area (Å²) in [6.07, 6.45) is 0.815. The number of nitrogens with zero attached hydrogens (tertiary/aromatic N) is 1. The van der Waals surface area contributed by atoms with Crippen LogP contribution in [0.1, 0.15) is 13.3 Å². The first-order valence-corrected chi connectivity index (χ1v) is 8.92. The van der Waals surface area contributed by atoms with Crippen molar-refractivity contribution in [2.45, 2.75) is 18.2 Å². The van der Waals surface area contributed by atoms with Crippen LogP contribution in [0.3, 0.4) is 0 Å². The predicted molar refractivity (Wildman–Crippen MR) is 81.9 cm³/mol. The lowest BCUT2D eigenvalue weighted by Gasteiger charge is -2.23. The zero-order valence-corrected chi connectivity index (χ0v) is 14.1. The Hall–Kier alpha value is -0.700. The maximum atomic E-state index is 14.2. The average molecular weight is 381 g/mol. The summed E-state index contributed by atoms with van der Waals surface area (Å²) in [6, 6.07) is 2.50. The van der Waals surface area contributed by atoms with E-state index in [-0.39, 0.29) is 22.6 Å². The van der Waals surface area contributed by atoms with Crippen molar-refractivity contribution in [1.29, 1.82) is 0 Å². The molecule has 1 fully saturated rings. The Morgan fingerprint density at radius 2 is 2.24 bits per heavy atom. The summed E-state index contributed by atoms with van der Waals surface area (Å²) >= 11 is 2.99. The van der Waals surface area contributed by atoms with Gasteiger partial charge in [0, 0.05) is 25.4 Å². The van der Waals surface area contributed by atoms with Crippen LogP contribution in [-0.4, -0.2) is 39.0 Å². The van der Waals surface area contributed by atoms with Gasteiger partial charge in [-0.15, -0.1) is 0 Å². The molecule has 0 spiro atoms. The number of rotatable bonds is 5. The molecule has 0 amide bonds. The lowest BCUT2D eigenvalue weighted by atomic mass is 10.1. The van der Waals surface area contributed by atoms with Crippen LogP contribution < -0.4 is 5.73 Å². The first kappa shape index (κ1) is 16.7. The number of sulfonamides is 1. The number of nitrogens with two attached hydrogens (primary N) is 1. The van der Waals surface area contributed by atoms with Crippen LogP contribution in [0.15, 0.2) is 21.5 Å². The second kappa shape index (κ2) is 6.60. The van der Waals surface area contributed by atoms with E-state index in [1.54, 1.807) is 6.92 Å². The molecule has 5 nitrogen and oxygen atoms in total. The Morgan fingerprint density at radius 3 is 2.81 bits per heavy atom. The molecule has 1 saturated heterocycles. The summed E-state index contributed by atoms with van der Waals surface area (Å²) in [5.74, 6) is -0.669. The standard InChI is InChI=1S/C13H18BrFN2O3S/c1-2-17(7-9-3-4-20-8-9)21(18,19)12-6-10(16)5-11(14)13(12)15/h5-6,9H,2-4,7-8,16H2,1H3. The first-order valence-electron chi connectivity index (χ1n) is 6.68. The summed E-state index contributed by atoms with van der Waals surface area (Å²) in [5, 5.41) is 0. The molecule has 0 radical (unpaired) electrons. The SMILES string of the molecule is CCN(CC1CCOC1)S(=O)(=O)c1cc(N)cc(Br)c1F. The maximum absolute atomic E-state index is 14.2. The second-order valence-electron chi connectivity index (χ2n) is 5.00. The lowest BCUT2D eigenvalue weighted by molar-refractivity contribution is 0.180. The Labute approximate surface area is 132 Å². The number of ether oxygens (including phenoxy) is 1. The highest BCUT2D eigenvalue weighted by Crippen LogP contribution is 2.29. The van der Waals surface area contributed by atoms with Crippen LogP contribution in [0.2, 0.25) is 0 Å². The van der Waals surface area contributed by atoms with Gasteiger partial charge in [-0.1, -0.05) is 6.92 Å². The number of nitrogen functional groups attached to an aromatic ring is 1. The third kappa shape index (κ3) is 3.56. The number of anilines is 1. The quantitative estimate of drug-likeness (QED) is 0.794. The van der Waals surface area contributed by atoms with E-state index in [9.17, 15) is 12.8 Å². The van der Waals surface area contributed by atoms with Gasteiger partial charge >= 0.3 is 0 Å². The van der Waals surface area contributed by atoms with Gasteiger partial charge in [0.2, 0.25) is 10.0 Å². The van der Waals surface area contributed by atoms with E-state index < -0.39 is 20.7 Å². The van der Waals surface area contributed by atoms with E-state index in [0.29, 0.717) is 19.8 Å². The van der Waals surface area contributed by atoms with Gasteiger partial charge in [0.1, 0.15) is 4.90 Å². The monoisotopic (exact) mass is 380 g/mol. The predicted octanol–water partition coefficient (Wildman–Crippen LogP) is 2.22. The summed E-state index contributed by atoms with van der Waals surface area (Å²) in [6.45, 7) is 3.50. The lowest BCUT2D eigenvalue weighted by Crippen LogP contribution is -2.36. The normalized spacial score (nSPS) is 19.3. The molecule has 2 N–H and O–H groups in total. The Balaban J connectivity index is 2.34. The van der Waals surface area contributed by atoms with E-state index in [2.05, 4.69) is 15.9 Å². The van der Waals surface area contributed by atoms with E-state index >= 15 is 0 Å². The highest BCUT2D eigenvalue weighted by Gasteiger charge is 2.30. The molecular weight excluding hydrogens is 363 g/mol. The number of hydrogen-bond donors (Lipinski definition) is 1. The largest absolute Gasteiger partial charge is 0.399 e. The Bertz CT molecular complexity index is 618. The summed E-state index contributed by atoms with van der Waals surface area (Å²) in [4.78, 5) is -0.393. The molecule has 1 aromatic carbocycles. The molecule has 0 saturated carbocycles. The molecule has 1 aliphatic heterocycles. The fourth-order valence-corrected chi connectivity index (χ4v) is 4.58. The van der Waals surface area contributed by atoms with Crippen molar-refractivity contribution in [3.63, 3.8) is 0 Å². The fourth-order valence-electron chi connectivity index (χ4n) is 2.32. The van der Waals surface area contributed by atoms with E-state index in [1.165, 1.54) is 10.4 Å². The molecule has 1 aromatic rings. The molecular formula is C13H18BrFN2O3S.